The maximum Gasteiger partial charge on any atom is 0.202 e. The first-order valence-corrected chi connectivity index (χ1v) is 13.0. The molecule has 0 saturated carbocycles. The van der Waals surface area contributed by atoms with Gasteiger partial charge in [-0.15, -0.1) is 0 Å². The average molecular weight is 542 g/mol. The summed E-state index contributed by atoms with van der Waals surface area (Å²) < 4.78 is 42.9. The lowest BCUT2D eigenvalue weighted by atomic mass is 10.1. The number of hydrazine groups is 1. The molecule has 2 aliphatic rings. The van der Waals surface area contributed by atoms with Crippen molar-refractivity contribution in [1.29, 1.82) is 0 Å². The van der Waals surface area contributed by atoms with E-state index < -0.39 is 11.6 Å². The van der Waals surface area contributed by atoms with Gasteiger partial charge in [0.2, 0.25) is 5.82 Å². The second kappa shape index (κ2) is 11.9. The molecule has 1 aromatic carbocycles. The smallest absolute Gasteiger partial charge is 0.202 e. The van der Waals surface area contributed by atoms with Crippen molar-refractivity contribution in [3.05, 3.63) is 54.0 Å². The van der Waals surface area contributed by atoms with E-state index in [1.807, 2.05) is 10.9 Å². The van der Waals surface area contributed by atoms with Crippen LogP contribution < -0.4 is 32.5 Å². The lowest BCUT2D eigenvalue weighted by Gasteiger charge is -2.22. The molecule has 0 spiro atoms. The highest BCUT2D eigenvalue weighted by Gasteiger charge is 2.24. The number of ether oxygens (including phenoxy) is 2. The second-order valence-corrected chi connectivity index (χ2v) is 9.67. The Morgan fingerprint density at radius 1 is 1.18 bits per heavy atom. The standard InChI is InChI=1S/C26H33F2N9O2/c27-23-21(3-4-22(24(23)28)39-11-5-18-2-1-8-32-18)37(31)26(35-30)20-12-16(13-33-25(20)29)17-14-34-36(15-17)19-6-9-38-10-7-19/h3-4,12-15,18-19,32H,1-2,5-11,30-31H2,(H2,29,33)/b35-26-. The van der Waals surface area contributed by atoms with Gasteiger partial charge >= 0.3 is 0 Å². The summed E-state index contributed by atoms with van der Waals surface area (Å²) >= 11 is 0. The number of anilines is 2. The first kappa shape index (κ1) is 26.8. The second-order valence-electron chi connectivity index (χ2n) is 9.67. The summed E-state index contributed by atoms with van der Waals surface area (Å²) in [7, 11) is 0. The molecule has 2 aromatic heterocycles. The lowest BCUT2D eigenvalue weighted by molar-refractivity contribution is 0.0662. The van der Waals surface area contributed by atoms with Gasteiger partial charge in [0.25, 0.3) is 0 Å². The number of nitrogens with one attached hydrogen (secondary N) is 1. The van der Waals surface area contributed by atoms with Crippen LogP contribution in [0.5, 0.6) is 5.75 Å². The third-order valence-corrected chi connectivity index (χ3v) is 7.18. The number of amidine groups is 1. The number of hydrogen-bond donors (Lipinski definition) is 4. The van der Waals surface area contributed by atoms with Gasteiger partial charge < -0.3 is 26.4 Å². The number of aromatic nitrogens is 3. The fraction of sp³-hybridized carbons (Fsp3) is 0.423. The zero-order valence-electron chi connectivity index (χ0n) is 21.5. The Labute approximate surface area is 224 Å². The number of hydrazone groups is 1. The molecule has 1 atom stereocenters. The van der Waals surface area contributed by atoms with Gasteiger partial charge in [0.1, 0.15) is 5.82 Å². The number of halogens is 2. The van der Waals surface area contributed by atoms with Crippen LogP contribution in [0.15, 0.2) is 41.9 Å². The van der Waals surface area contributed by atoms with E-state index in [0.717, 1.165) is 42.8 Å². The minimum Gasteiger partial charge on any atom is -0.490 e. The van der Waals surface area contributed by atoms with Gasteiger partial charge in [-0.05, 0) is 56.8 Å². The van der Waals surface area contributed by atoms with Gasteiger partial charge in [-0.25, -0.2) is 15.2 Å². The molecule has 2 aliphatic heterocycles. The van der Waals surface area contributed by atoms with E-state index in [4.69, 9.17) is 26.9 Å². The van der Waals surface area contributed by atoms with Crippen molar-refractivity contribution in [3.8, 4) is 16.9 Å². The van der Waals surface area contributed by atoms with Crippen LogP contribution in [0.1, 0.15) is 43.7 Å². The zero-order chi connectivity index (χ0) is 27.4. The molecule has 5 rings (SSSR count). The highest BCUT2D eigenvalue weighted by atomic mass is 19.2. The molecule has 0 radical (unpaired) electrons. The highest BCUT2D eigenvalue weighted by molar-refractivity contribution is 6.12. The fourth-order valence-electron chi connectivity index (χ4n) is 4.96. The van der Waals surface area contributed by atoms with Gasteiger partial charge in [0.05, 0.1) is 30.1 Å². The molecule has 11 nitrogen and oxygen atoms in total. The van der Waals surface area contributed by atoms with Crippen LogP contribution in [0.25, 0.3) is 11.1 Å². The largest absolute Gasteiger partial charge is 0.490 e. The molecule has 2 fully saturated rings. The molecule has 0 bridgehead atoms. The summed E-state index contributed by atoms with van der Waals surface area (Å²) in [5.41, 5.74) is 7.55. The van der Waals surface area contributed by atoms with Crippen LogP contribution >= 0.6 is 0 Å². The Balaban J connectivity index is 1.34. The molecule has 208 valence electrons. The van der Waals surface area contributed by atoms with E-state index >= 15 is 4.39 Å². The fourth-order valence-corrected chi connectivity index (χ4v) is 4.96. The van der Waals surface area contributed by atoms with Gasteiger partial charge in [-0.1, -0.05) is 0 Å². The average Bonchev–Trinajstić information content (AvgIpc) is 3.66. The third-order valence-electron chi connectivity index (χ3n) is 7.18. The summed E-state index contributed by atoms with van der Waals surface area (Å²) in [6.07, 6.45) is 9.83. The normalized spacial score (nSPS) is 18.4. The maximum atomic E-state index is 15.1. The van der Waals surface area contributed by atoms with Gasteiger partial charge in [-0.2, -0.15) is 14.6 Å². The first-order valence-electron chi connectivity index (χ1n) is 13.0. The quantitative estimate of drug-likeness (QED) is 0.146. The minimum atomic E-state index is -1.20. The molecule has 0 amide bonds. The van der Waals surface area contributed by atoms with E-state index in [-0.39, 0.29) is 41.3 Å². The molecular formula is C26H33F2N9O2. The van der Waals surface area contributed by atoms with E-state index in [2.05, 4.69) is 20.5 Å². The van der Waals surface area contributed by atoms with Crippen molar-refractivity contribution < 1.29 is 18.3 Å². The number of nitrogens with zero attached hydrogens (tertiary/aromatic N) is 5. The Morgan fingerprint density at radius 3 is 2.74 bits per heavy atom. The number of nitrogens with two attached hydrogens (primary N) is 3. The SMILES string of the molecule is N/N=C(/c1cc(-c2cnn(C3CCOCC3)c2)cnc1N)N(N)c1ccc(OCCC2CCCN2)c(F)c1F. The maximum absolute atomic E-state index is 15.1. The van der Waals surface area contributed by atoms with Crippen molar-refractivity contribution in [2.45, 2.75) is 44.2 Å². The molecular weight excluding hydrogens is 508 g/mol. The molecule has 13 heteroatoms. The number of benzene rings is 1. The number of nitrogen functional groups attached to an aromatic ring is 1. The Kier molecular flexibility index (Phi) is 8.19. The Hall–Kier alpha value is -3.81. The van der Waals surface area contributed by atoms with Gasteiger partial charge in [0, 0.05) is 42.8 Å². The van der Waals surface area contributed by atoms with Crippen molar-refractivity contribution in [1.82, 2.24) is 20.1 Å². The van der Waals surface area contributed by atoms with Crippen molar-refractivity contribution in [2.75, 3.05) is 37.1 Å². The molecule has 39 heavy (non-hydrogen) atoms. The predicted molar refractivity (Wildman–Crippen MR) is 144 cm³/mol. The van der Waals surface area contributed by atoms with Crippen LogP contribution in [0.3, 0.4) is 0 Å². The number of pyridine rings is 1. The van der Waals surface area contributed by atoms with Crippen LogP contribution in [-0.2, 0) is 4.74 Å². The third kappa shape index (κ3) is 5.79. The summed E-state index contributed by atoms with van der Waals surface area (Å²) in [6, 6.07) is 4.89. The molecule has 2 saturated heterocycles. The van der Waals surface area contributed by atoms with Gasteiger partial charge in [0.15, 0.2) is 17.4 Å². The molecule has 3 aromatic rings. The number of hydrogen-bond acceptors (Lipinski definition) is 9. The van der Waals surface area contributed by atoms with Crippen molar-refractivity contribution >= 4 is 17.3 Å². The summed E-state index contributed by atoms with van der Waals surface area (Å²) in [5.74, 6) is 9.27. The van der Waals surface area contributed by atoms with Crippen LogP contribution in [0.4, 0.5) is 20.3 Å². The van der Waals surface area contributed by atoms with Crippen LogP contribution in [0, 0.1) is 11.6 Å². The van der Waals surface area contributed by atoms with Gasteiger partial charge in [-0.3, -0.25) is 9.69 Å². The molecule has 7 N–H and O–H groups in total. The van der Waals surface area contributed by atoms with E-state index in [0.29, 0.717) is 31.2 Å². The topological polar surface area (TPSA) is 155 Å². The van der Waals surface area contributed by atoms with E-state index in [1.165, 1.54) is 12.1 Å². The van der Waals surface area contributed by atoms with E-state index in [1.54, 1.807) is 18.5 Å². The lowest BCUT2D eigenvalue weighted by Crippen LogP contribution is -2.40. The monoisotopic (exact) mass is 541 g/mol. The predicted octanol–water partition coefficient (Wildman–Crippen LogP) is 2.68. The van der Waals surface area contributed by atoms with Crippen LogP contribution in [0.2, 0.25) is 0 Å². The summed E-state index contributed by atoms with van der Waals surface area (Å²) in [4.78, 5) is 4.25. The summed E-state index contributed by atoms with van der Waals surface area (Å²) in [6.45, 7) is 2.61. The Morgan fingerprint density at radius 2 is 2.00 bits per heavy atom. The first-order chi connectivity index (χ1) is 19.0. The van der Waals surface area contributed by atoms with Crippen molar-refractivity contribution in [3.63, 3.8) is 0 Å². The molecule has 0 aliphatic carbocycles. The Bertz CT molecular complexity index is 1320. The number of rotatable bonds is 8. The minimum absolute atomic E-state index is 0.0663. The zero-order valence-corrected chi connectivity index (χ0v) is 21.5. The highest BCUT2D eigenvalue weighted by Crippen LogP contribution is 2.30. The van der Waals surface area contributed by atoms with Crippen LogP contribution in [-0.4, -0.2) is 53.0 Å². The van der Waals surface area contributed by atoms with Crippen molar-refractivity contribution in [2.24, 2.45) is 16.8 Å². The summed E-state index contributed by atoms with van der Waals surface area (Å²) in [5, 5.41) is 12.4. The molecule has 1 unspecified atom stereocenters. The molecule has 4 heterocycles. The van der Waals surface area contributed by atoms with E-state index in [9.17, 15) is 4.39 Å².